The second-order valence-corrected chi connectivity index (χ2v) is 8.85. The third-order valence-corrected chi connectivity index (χ3v) is 6.68. The number of ketones is 1. The molecule has 2 aliphatic rings. The lowest BCUT2D eigenvalue weighted by Gasteiger charge is -2.44. The summed E-state index contributed by atoms with van der Waals surface area (Å²) < 4.78 is 14.1. The van der Waals surface area contributed by atoms with Gasteiger partial charge >= 0.3 is 0 Å². The molecule has 1 aromatic carbocycles. The van der Waals surface area contributed by atoms with Gasteiger partial charge in [-0.3, -0.25) is 4.79 Å². The van der Waals surface area contributed by atoms with Crippen molar-refractivity contribution in [1.29, 1.82) is 0 Å². The first-order valence-corrected chi connectivity index (χ1v) is 9.70. The van der Waals surface area contributed by atoms with E-state index >= 15 is 0 Å². The highest BCUT2D eigenvalue weighted by Gasteiger charge is 2.50. The maximum Gasteiger partial charge on any atom is 0.160 e. The molecule has 0 bridgehead atoms. The van der Waals surface area contributed by atoms with Gasteiger partial charge in [-0.2, -0.15) is 0 Å². The Balaban J connectivity index is 2.04. The summed E-state index contributed by atoms with van der Waals surface area (Å²) in [5.41, 5.74) is 5.33. The van der Waals surface area contributed by atoms with Crippen molar-refractivity contribution in [3.05, 3.63) is 62.9 Å². The van der Waals surface area contributed by atoms with Gasteiger partial charge in [0.15, 0.2) is 5.78 Å². The summed E-state index contributed by atoms with van der Waals surface area (Å²) in [4.78, 5) is 19.0. The molecule has 0 N–H and O–H groups in total. The molecule has 4 rings (SSSR count). The molecule has 2 aliphatic carbocycles. The third-order valence-electron chi connectivity index (χ3n) is 5.65. The fourth-order valence-electron chi connectivity index (χ4n) is 4.77. The summed E-state index contributed by atoms with van der Waals surface area (Å²) in [6.45, 7) is 6.40. The maximum atomic E-state index is 14.1. The zero-order valence-corrected chi connectivity index (χ0v) is 15.7. The third kappa shape index (κ3) is 2.42. The van der Waals surface area contributed by atoms with Crippen LogP contribution in [0.2, 0.25) is 0 Å². The van der Waals surface area contributed by atoms with Gasteiger partial charge in [0.2, 0.25) is 0 Å². The van der Waals surface area contributed by atoms with E-state index in [-0.39, 0.29) is 17.0 Å². The van der Waals surface area contributed by atoms with Gasteiger partial charge < -0.3 is 0 Å². The minimum Gasteiger partial charge on any atom is -0.294 e. The van der Waals surface area contributed by atoms with Crippen molar-refractivity contribution in [1.82, 2.24) is 4.98 Å². The van der Waals surface area contributed by atoms with Crippen molar-refractivity contribution in [3.8, 4) is 0 Å². The first kappa shape index (κ1) is 16.6. The van der Waals surface area contributed by atoms with Crippen LogP contribution in [0.1, 0.15) is 56.2 Å². The maximum absolute atomic E-state index is 14.1. The Morgan fingerprint density at radius 1 is 1.28 bits per heavy atom. The summed E-state index contributed by atoms with van der Waals surface area (Å²) >= 11 is 1.60. The summed E-state index contributed by atoms with van der Waals surface area (Å²) in [6.07, 6.45) is 2.94. The summed E-state index contributed by atoms with van der Waals surface area (Å²) in [5, 5.41) is 0. The highest BCUT2D eigenvalue weighted by molar-refractivity contribution is 7.10. The van der Waals surface area contributed by atoms with E-state index in [1.807, 2.05) is 11.6 Å². The van der Waals surface area contributed by atoms with E-state index in [1.54, 1.807) is 23.5 Å². The van der Waals surface area contributed by atoms with E-state index in [2.05, 4.69) is 25.8 Å². The van der Waals surface area contributed by atoms with Crippen molar-refractivity contribution < 1.29 is 9.18 Å². The van der Waals surface area contributed by atoms with Crippen molar-refractivity contribution >= 4 is 17.1 Å². The fourth-order valence-corrected chi connectivity index (χ4v) is 5.88. The van der Waals surface area contributed by atoms with Crippen LogP contribution in [-0.2, 0) is 16.6 Å². The lowest BCUT2D eigenvalue weighted by molar-refractivity contribution is -0.118. The Morgan fingerprint density at radius 3 is 2.80 bits per heavy atom. The largest absolute Gasteiger partial charge is 0.294 e. The van der Waals surface area contributed by atoms with E-state index in [1.165, 1.54) is 11.6 Å². The summed E-state index contributed by atoms with van der Waals surface area (Å²) in [7, 11) is 0. The summed E-state index contributed by atoms with van der Waals surface area (Å²) in [5.74, 6) is -0.0379. The van der Waals surface area contributed by atoms with E-state index in [4.69, 9.17) is 0 Å². The van der Waals surface area contributed by atoms with Crippen LogP contribution in [-0.4, -0.2) is 10.8 Å². The molecular weight excluding hydrogens is 333 g/mol. The minimum absolute atomic E-state index is 0.0230. The molecule has 2 aromatic rings. The van der Waals surface area contributed by atoms with Gasteiger partial charge in [0.25, 0.3) is 0 Å². The number of fused-ring (bicyclic) bond motifs is 1. The lowest BCUT2D eigenvalue weighted by Crippen LogP contribution is -2.42. The van der Waals surface area contributed by atoms with Crippen LogP contribution in [0.5, 0.6) is 0 Å². The van der Waals surface area contributed by atoms with Gasteiger partial charge in [-0.25, -0.2) is 9.37 Å². The highest BCUT2D eigenvalue weighted by atomic mass is 32.1. The topological polar surface area (TPSA) is 30.0 Å². The molecule has 1 atom stereocenters. The van der Waals surface area contributed by atoms with Gasteiger partial charge in [0.05, 0.1) is 16.6 Å². The van der Waals surface area contributed by atoms with Gasteiger partial charge in [-0.1, -0.05) is 38.5 Å². The molecule has 25 heavy (non-hydrogen) atoms. The number of hydrogen-bond acceptors (Lipinski definition) is 3. The molecule has 1 heterocycles. The van der Waals surface area contributed by atoms with E-state index < -0.39 is 5.41 Å². The van der Waals surface area contributed by atoms with Gasteiger partial charge in [-0.05, 0) is 36.0 Å². The monoisotopic (exact) mass is 355 g/mol. The van der Waals surface area contributed by atoms with Gasteiger partial charge in [0.1, 0.15) is 5.82 Å². The van der Waals surface area contributed by atoms with Crippen LogP contribution in [0.25, 0.3) is 0 Å². The van der Waals surface area contributed by atoms with Crippen LogP contribution >= 0.6 is 11.3 Å². The molecule has 0 amide bonds. The number of aromatic nitrogens is 1. The molecule has 0 fully saturated rings. The second kappa shape index (κ2) is 5.60. The number of halogens is 1. The number of carbonyl (C=O) groups is 1. The SMILES string of the molecule is CC[C@@]1(c2cccc(F)c2)C2=C(Cc3ncsc31)CC(C)(C)CC2=O. The zero-order valence-electron chi connectivity index (χ0n) is 14.9. The molecule has 1 aromatic heterocycles. The molecule has 0 aliphatic heterocycles. The Morgan fingerprint density at radius 2 is 2.08 bits per heavy atom. The van der Waals surface area contributed by atoms with Crippen LogP contribution in [0, 0.1) is 11.2 Å². The standard InChI is InChI=1S/C21H22FNOS/c1-4-21(14-6-5-7-15(22)9-14)18-13(8-16-19(21)25-12-23-16)10-20(2,3)11-17(18)24/h5-7,9,12H,4,8,10-11H2,1-3H3/t21-/m1/s1. The predicted molar refractivity (Wildman–Crippen MR) is 98.3 cm³/mol. The Hall–Kier alpha value is -1.81. The normalized spacial score (nSPS) is 24.9. The van der Waals surface area contributed by atoms with Crippen molar-refractivity contribution in [2.75, 3.05) is 0 Å². The van der Waals surface area contributed by atoms with Crippen LogP contribution in [0.4, 0.5) is 4.39 Å². The average molecular weight is 355 g/mol. The molecule has 0 spiro atoms. The number of nitrogens with zero attached hydrogens (tertiary/aromatic N) is 1. The van der Waals surface area contributed by atoms with Gasteiger partial charge in [0, 0.05) is 23.3 Å². The Bertz CT molecular complexity index is 895. The minimum atomic E-state index is -0.556. The molecule has 4 heteroatoms. The number of thiazole rings is 1. The number of rotatable bonds is 2. The molecule has 0 saturated heterocycles. The first-order chi connectivity index (χ1) is 11.9. The number of carbonyl (C=O) groups excluding carboxylic acids is 1. The fraction of sp³-hybridized carbons (Fsp3) is 0.429. The number of benzene rings is 1. The molecule has 0 unspecified atom stereocenters. The van der Waals surface area contributed by atoms with Crippen molar-refractivity contribution in [3.63, 3.8) is 0 Å². The number of allylic oxidation sites excluding steroid dienone is 2. The van der Waals surface area contributed by atoms with Gasteiger partial charge in [-0.15, -0.1) is 11.3 Å². The van der Waals surface area contributed by atoms with Crippen LogP contribution in [0.3, 0.4) is 0 Å². The second-order valence-electron chi connectivity index (χ2n) is 7.99. The highest BCUT2D eigenvalue weighted by Crippen LogP contribution is 2.54. The van der Waals surface area contributed by atoms with Crippen molar-refractivity contribution in [2.45, 2.75) is 51.9 Å². The molecule has 130 valence electrons. The Labute approximate surface area is 151 Å². The quantitative estimate of drug-likeness (QED) is 0.739. The molecular formula is C21H22FNOS. The van der Waals surface area contributed by atoms with Crippen molar-refractivity contribution in [2.24, 2.45) is 5.41 Å². The van der Waals surface area contributed by atoms with E-state index in [0.717, 1.165) is 41.0 Å². The van der Waals surface area contributed by atoms with Crippen LogP contribution < -0.4 is 0 Å². The Kier molecular flexibility index (Phi) is 3.73. The average Bonchev–Trinajstić information content (AvgIpc) is 3.00. The van der Waals surface area contributed by atoms with Crippen LogP contribution in [0.15, 0.2) is 40.9 Å². The molecule has 0 saturated carbocycles. The lowest BCUT2D eigenvalue weighted by atomic mass is 9.59. The predicted octanol–water partition coefficient (Wildman–Crippen LogP) is 5.22. The van der Waals surface area contributed by atoms with E-state index in [9.17, 15) is 9.18 Å². The summed E-state index contributed by atoms with van der Waals surface area (Å²) in [6, 6.07) is 6.76. The number of Topliss-reactive ketones (excluding diaryl/α,β-unsaturated/α-hetero) is 1. The molecule has 2 nitrogen and oxygen atoms in total. The van der Waals surface area contributed by atoms with E-state index in [0.29, 0.717) is 6.42 Å². The molecule has 0 radical (unpaired) electrons. The smallest absolute Gasteiger partial charge is 0.160 e. The number of hydrogen-bond donors (Lipinski definition) is 0. The zero-order chi connectivity index (χ0) is 17.8. The first-order valence-electron chi connectivity index (χ1n) is 8.82.